The first-order valence-corrected chi connectivity index (χ1v) is 7.51. The molecule has 1 unspecified atom stereocenters. The van der Waals surface area contributed by atoms with E-state index in [1.807, 2.05) is 0 Å². The third kappa shape index (κ3) is 2.78. The molecule has 2 aromatic rings. The van der Waals surface area contributed by atoms with Crippen LogP contribution in [0.15, 0.2) is 30.3 Å². The highest BCUT2D eigenvalue weighted by Crippen LogP contribution is 2.21. The van der Waals surface area contributed by atoms with Gasteiger partial charge in [-0.1, -0.05) is 30.3 Å². The van der Waals surface area contributed by atoms with Crippen LogP contribution in [0.3, 0.4) is 0 Å². The Labute approximate surface area is 121 Å². The first kappa shape index (κ1) is 13.4. The lowest BCUT2D eigenvalue weighted by Gasteiger charge is -2.09. The maximum absolute atomic E-state index is 4.74. The van der Waals surface area contributed by atoms with E-state index >= 15 is 0 Å². The van der Waals surface area contributed by atoms with Gasteiger partial charge < -0.3 is 5.32 Å². The quantitative estimate of drug-likeness (QED) is 0.925. The molecular weight excluding hydrogens is 246 g/mol. The van der Waals surface area contributed by atoms with Crippen LogP contribution in [0.4, 0.5) is 0 Å². The Morgan fingerprint density at radius 1 is 1.25 bits per heavy atom. The van der Waals surface area contributed by atoms with Crippen molar-refractivity contribution in [3.63, 3.8) is 0 Å². The molecule has 0 bridgehead atoms. The van der Waals surface area contributed by atoms with Crippen molar-refractivity contribution < 1.29 is 0 Å². The van der Waals surface area contributed by atoms with Crippen LogP contribution in [-0.2, 0) is 13.0 Å². The fraction of sp³-hybridized carbons (Fsp3) is 0.471. The topological polar surface area (TPSA) is 29.9 Å². The maximum Gasteiger partial charge on any atom is 0.0662 e. The van der Waals surface area contributed by atoms with Crippen LogP contribution in [0.2, 0.25) is 0 Å². The van der Waals surface area contributed by atoms with E-state index in [0.29, 0.717) is 0 Å². The molecule has 0 radical (unpaired) electrons. The van der Waals surface area contributed by atoms with Gasteiger partial charge in [-0.2, -0.15) is 5.10 Å². The first-order chi connectivity index (χ1) is 9.74. The molecule has 106 valence electrons. The third-order valence-electron chi connectivity index (χ3n) is 4.36. The minimum Gasteiger partial charge on any atom is -0.316 e. The molecule has 3 rings (SSSR count). The van der Waals surface area contributed by atoms with Crippen molar-refractivity contribution in [1.82, 2.24) is 15.1 Å². The molecule has 1 fully saturated rings. The van der Waals surface area contributed by atoms with Gasteiger partial charge in [0, 0.05) is 5.69 Å². The number of hydrogen-bond acceptors (Lipinski definition) is 2. The summed E-state index contributed by atoms with van der Waals surface area (Å²) in [6, 6.07) is 10.6. The van der Waals surface area contributed by atoms with Crippen molar-refractivity contribution in [2.75, 3.05) is 13.1 Å². The van der Waals surface area contributed by atoms with E-state index in [0.717, 1.165) is 19.0 Å². The highest BCUT2D eigenvalue weighted by atomic mass is 15.3. The van der Waals surface area contributed by atoms with Crippen LogP contribution in [-0.4, -0.2) is 22.9 Å². The molecular formula is C17H23N3. The van der Waals surface area contributed by atoms with E-state index in [9.17, 15) is 0 Å². The lowest BCUT2D eigenvalue weighted by Crippen LogP contribution is -2.11. The Hall–Kier alpha value is -1.61. The molecule has 0 spiro atoms. The summed E-state index contributed by atoms with van der Waals surface area (Å²) in [7, 11) is 0. The SMILES string of the molecule is Cc1nn(Cc2ccccc2)c(C)c1CC1CCNC1. The number of nitrogens with zero attached hydrogens (tertiary/aromatic N) is 2. The Bertz CT molecular complexity index is 565. The van der Waals surface area contributed by atoms with Crippen LogP contribution >= 0.6 is 0 Å². The van der Waals surface area contributed by atoms with E-state index in [1.54, 1.807) is 0 Å². The second kappa shape index (κ2) is 5.80. The van der Waals surface area contributed by atoms with Gasteiger partial charge in [0.05, 0.1) is 12.2 Å². The number of aromatic nitrogens is 2. The fourth-order valence-corrected chi connectivity index (χ4v) is 3.12. The molecule has 0 amide bonds. The van der Waals surface area contributed by atoms with Crippen molar-refractivity contribution in [2.24, 2.45) is 5.92 Å². The Kier molecular flexibility index (Phi) is 3.88. The molecule has 1 saturated heterocycles. The number of rotatable bonds is 4. The summed E-state index contributed by atoms with van der Waals surface area (Å²) in [5.74, 6) is 0.779. The summed E-state index contributed by atoms with van der Waals surface area (Å²) in [4.78, 5) is 0. The van der Waals surface area contributed by atoms with Gasteiger partial charge in [0.15, 0.2) is 0 Å². The minimum absolute atomic E-state index is 0.779. The van der Waals surface area contributed by atoms with Crippen molar-refractivity contribution in [1.29, 1.82) is 0 Å². The molecule has 1 atom stereocenters. The average molecular weight is 269 g/mol. The van der Waals surface area contributed by atoms with E-state index in [-0.39, 0.29) is 0 Å². The Morgan fingerprint density at radius 3 is 2.75 bits per heavy atom. The summed E-state index contributed by atoms with van der Waals surface area (Å²) in [5.41, 5.74) is 5.30. The average Bonchev–Trinajstić information content (AvgIpc) is 3.05. The Morgan fingerprint density at radius 2 is 2.05 bits per heavy atom. The zero-order valence-electron chi connectivity index (χ0n) is 12.4. The van der Waals surface area contributed by atoms with Crippen LogP contribution in [0.25, 0.3) is 0 Å². The van der Waals surface area contributed by atoms with Crippen LogP contribution in [0.5, 0.6) is 0 Å². The van der Waals surface area contributed by atoms with Gasteiger partial charge in [0.25, 0.3) is 0 Å². The molecule has 0 aliphatic carbocycles. The van der Waals surface area contributed by atoms with Gasteiger partial charge in [-0.05, 0) is 56.8 Å². The Balaban J connectivity index is 1.79. The van der Waals surface area contributed by atoms with Crippen molar-refractivity contribution in [3.05, 3.63) is 52.8 Å². The van der Waals surface area contributed by atoms with Crippen molar-refractivity contribution >= 4 is 0 Å². The van der Waals surface area contributed by atoms with E-state index in [2.05, 4.69) is 54.2 Å². The normalized spacial score (nSPS) is 18.6. The molecule has 1 aliphatic heterocycles. The van der Waals surface area contributed by atoms with Gasteiger partial charge in [0.2, 0.25) is 0 Å². The van der Waals surface area contributed by atoms with Crippen molar-refractivity contribution in [3.8, 4) is 0 Å². The maximum atomic E-state index is 4.74. The summed E-state index contributed by atoms with van der Waals surface area (Å²) < 4.78 is 2.16. The molecule has 1 aromatic carbocycles. The predicted molar refractivity (Wildman–Crippen MR) is 81.9 cm³/mol. The zero-order chi connectivity index (χ0) is 13.9. The number of hydrogen-bond donors (Lipinski definition) is 1. The summed E-state index contributed by atoms with van der Waals surface area (Å²) in [6.45, 7) is 7.55. The molecule has 20 heavy (non-hydrogen) atoms. The molecule has 1 aromatic heterocycles. The van der Waals surface area contributed by atoms with Crippen LogP contribution in [0, 0.1) is 19.8 Å². The lowest BCUT2D eigenvalue weighted by molar-refractivity contribution is 0.575. The minimum atomic E-state index is 0.779. The zero-order valence-corrected chi connectivity index (χ0v) is 12.4. The fourth-order valence-electron chi connectivity index (χ4n) is 3.12. The van der Waals surface area contributed by atoms with Crippen molar-refractivity contribution in [2.45, 2.75) is 33.2 Å². The van der Waals surface area contributed by atoms with Gasteiger partial charge in [0.1, 0.15) is 0 Å². The molecule has 2 heterocycles. The number of benzene rings is 1. The summed E-state index contributed by atoms with van der Waals surface area (Å²) in [5, 5.41) is 8.19. The molecule has 1 aliphatic rings. The third-order valence-corrected chi connectivity index (χ3v) is 4.36. The second-order valence-corrected chi connectivity index (χ2v) is 5.86. The van der Waals surface area contributed by atoms with Crippen LogP contribution in [0.1, 0.15) is 28.9 Å². The standard InChI is InChI=1S/C17H23N3/c1-13-17(10-16-8-9-18-11-16)14(2)20(19-13)12-15-6-4-3-5-7-15/h3-7,16,18H,8-12H2,1-2H3. The molecule has 3 heteroatoms. The highest BCUT2D eigenvalue weighted by Gasteiger charge is 2.19. The van der Waals surface area contributed by atoms with E-state index in [1.165, 1.54) is 41.9 Å². The first-order valence-electron chi connectivity index (χ1n) is 7.51. The van der Waals surface area contributed by atoms with Gasteiger partial charge >= 0.3 is 0 Å². The highest BCUT2D eigenvalue weighted by molar-refractivity contribution is 5.26. The van der Waals surface area contributed by atoms with Crippen LogP contribution < -0.4 is 5.32 Å². The second-order valence-electron chi connectivity index (χ2n) is 5.86. The van der Waals surface area contributed by atoms with Gasteiger partial charge in [-0.25, -0.2) is 0 Å². The largest absolute Gasteiger partial charge is 0.316 e. The molecule has 1 N–H and O–H groups in total. The molecule has 3 nitrogen and oxygen atoms in total. The van der Waals surface area contributed by atoms with Gasteiger partial charge in [-0.3, -0.25) is 4.68 Å². The molecule has 0 saturated carbocycles. The monoisotopic (exact) mass is 269 g/mol. The summed E-state index contributed by atoms with van der Waals surface area (Å²) >= 11 is 0. The predicted octanol–water partition coefficient (Wildman–Crippen LogP) is 2.70. The van der Waals surface area contributed by atoms with E-state index < -0.39 is 0 Å². The summed E-state index contributed by atoms with van der Waals surface area (Å²) in [6.07, 6.45) is 2.46. The number of aryl methyl sites for hydroxylation is 1. The van der Waals surface area contributed by atoms with Gasteiger partial charge in [-0.15, -0.1) is 0 Å². The smallest absolute Gasteiger partial charge is 0.0662 e. The lowest BCUT2D eigenvalue weighted by atomic mass is 9.97. The number of nitrogens with one attached hydrogen (secondary N) is 1. The van der Waals surface area contributed by atoms with E-state index in [4.69, 9.17) is 5.10 Å².